The third-order valence-electron chi connectivity index (χ3n) is 4.51. The van der Waals surface area contributed by atoms with E-state index in [2.05, 4.69) is 9.98 Å². The molecule has 2 N–H and O–H groups in total. The lowest BCUT2D eigenvalue weighted by Crippen LogP contribution is -2.31. The number of aliphatic carboxylic acids is 1. The summed E-state index contributed by atoms with van der Waals surface area (Å²) >= 11 is 2.49. The van der Waals surface area contributed by atoms with Crippen LogP contribution in [-0.2, 0) is 14.8 Å². The Morgan fingerprint density at radius 2 is 2.20 bits per heavy atom. The van der Waals surface area contributed by atoms with Crippen molar-refractivity contribution in [2.75, 3.05) is 17.4 Å². The van der Waals surface area contributed by atoms with Gasteiger partial charge in [-0.25, -0.2) is 12.7 Å². The standard InChI is InChI=1S/C19H16N4O4S3/c20-6-7-23(30(26,27)17-5-2-8-28-17)15-4-1-3-12-9-14(22-18(12)15)19-21-11-13(29-19)10-16(24)25/h1-5,8-9,13,22H,7,10-11H2,(H,24,25). The lowest BCUT2D eigenvalue weighted by atomic mass is 10.2. The molecule has 4 rings (SSSR count). The number of rotatable bonds is 7. The second-order valence-corrected chi connectivity index (χ2v) is 10.8. The molecular formula is C19H16N4O4S3. The number of aromatic nitrogens is 1. The van der Waals surface area contributed by atoms with Crippen LogP contribution >= 0.6 is 23.1 Å². The zero-order valence-electron chi connectivity index (χ0n) is 15.5. The van der Waals surface area contributed by atoms with E-state index < -0.39 is 16.0 Å². The van der Waals surface area contributed by atoms with E-state index in [-0.39, 0.29) is 22.4 Å². The highest BCUT2D eigenvalue weighted by Gasteiger charge is 2.29. The van der Waals surface area contributed by atoms with E-state index in [9.17, 15) is 18.5 Å². The number of H-pyrrole nitrogens is 1. The Morgan fingerprint density at radius 1 is 1.37 bits per heavy atom. The monoisotopic (exact) mass is 460 g/mol. The summed E-state index contributed by atoms with van der Waals surface area (Å²) in [6.07, 6.45) is 0.0259. The quantitative estimate of drug-likeness (QED) is 0.521. The number of benzene rings is 1. The minimum absolute atomic E-state index is 0.0259. The van der Waals surface area contributed by atoms with Crippen LogP contribution in [0.2, 0.25) is 0 Å². The average molecular weight is 461 g/mol. The summed E-state index contributed by atoms with van der Waals surface area (Å²) in [5, 5.41) is 21.3. The molecule has 30 heavy (non-hydrogen) atoms. The summed E-state index contributed by atoms with van der Waals surface area (Å²) in [4.78, 5) is 18.6. The summed E-state index contributed by atoms with van der Waals surface area (Å²) in [7, 11) is -3.89. The first-order valence-corrected chi connectivity index (χ1v) is 12.1. The van der Waals surface area contributed by atoms with Gasteiger partial charge in [-0.1, -0.05) is 30.0 Å². The van der Waals surface area contributed by atoms with Crippen molar-refractivity contribution >= 4 is 60.7 Å². The third kappa shape index (κ3) is 3.81. The highest BCUT2D eigenvalue weighted by atomic mass is 32.2. The fourth-order valence-electron chi connectivity index (χ4n) is 3.21. The molecule has 0 fully saturated rings. The zero-order valence-corrected chi connectivity index (χ0v) is 17.9. The maximum absolute atomic E-state index is 13.1. The number of para-hydroxylation sites is 1. The van der Waals surface area contributed by atoms with Gasteiger partial charge in [-0.3, -0.25) is 9.79 Å². The molecule has 1 aliphatic rings. The van der Waals surface area contributed by atoms with Crippen molar-refractivity contribution in [3.63, 3.8) is 0 Å². The lowest BCUT2D eigenvalue weighted by molar-refractivity contribution is -0.136. The number of fused-ring (bicyclic) bond motifs is 1. The van der Waals surface area contributed by atoms with Crippen LogP contribution in [-0.4, -0.2) is 47.9 Å². The van der Waals surface area contributed by atoms with E-state index in [1.54, 1.807) is 23.6 Å². The van der Waals surface area contributed by atoms with Gasteiger partial charge in [-0.05, 0) is 23.6 Å². The van der Waals surface area contributed by atoms with Crippen LogP contribution in [0, 0.1) is 11.3 Å². The molecule has 3 aromatic rings. The summed E-state index contributed by atoms with van der Waals surface area (Å²) in [5.41, 5.74) is 1.65. The van der Waals surface area contributed by atoms with Gasteiger partial charge in [0.2, 0.25) is 0 Å². The van der Waals surface area contributed by atoms with Crippen molar-refractivity contribution in [1.29, 1.82) is 5.26 Å². The van der Waals surface area contributed by atoms with Crippen molar-refractivity contribution in [3.05, 3.63) is 47.5 Å². The van der Waals surface area contributed by atoms with Crippen LogP contribution in [0.3, 0.4) is 0 Å². The molecule has 0 spiro atoms. The Bertz CT molecular complexity index is 1270. The Kier molecular flexibility index (Phi) is 5.55. The summed E-state index contributed by atoms with van der Waals surface area (Å²) in [5.74, 6) is -0.867. The minimum atomic E-state index is -3.89. The number of aliphatic imine (C=N–C) groups is 1. The van der Waals surface area contributed by atoms with Crippen molar-refractivity contribution in [3.8, 4) is 6.07 Å². The average Bonchev–Trinajstić information content (AvgIpc) is 3.44. The predicted octanol–water partition coefficient (Wildman–Crippen LogP) is 3.28. The number of nitriles is 1. The number of anilines is 1. The van der Waals surface area contributed by atoms with Gasteiger partial charge in [0.25, 0.3) is 10.0 Å². The number of hydrogen-bond acceptors (Lipinski definition) is 7. The number of thiophene rings is 1. The minimum Gasteiger partial charge on any atom is -0.481 e. The smallest absolute Gasteiger partial charge is 0.304 e. The molecule has 1 atom stereocenters. The van der Waals surface area contributed by atoms with Crippen LogP contribution in [0.5, 0.6) is 0 Å². The van der Waals surface area contributed by atoms with Gasteiger partial charge in [0, 0.05) is 10.6 Å². The number of sulfonamides is 1. The van der Waals surface area contributed by atoms with Gasteiger partial charge >= 0.3 is 5.97 Å². The first kappa shape index (κ1) is 20.5. The van der Waals surface area contributed by atoms with Crippen LogP contribution in [0.4, 0.5) is 5.69 Å². The van der Waals surface area contributed by atoms with E-state index >= 15 is 0 Å². The molecule has 2 aromatic heterocycles. The molecule has 0 bridgehead atoms. The zero-order chi connectivity index (χ0) is 21.3. The van der Waals surface area contributed by atoms with Crippen molar-refractivity contribution in [1.82, 2.24) is 4.98 Å². The van der Waals surface area contributed by atoms with Gasteiger partial charge in [0.15, 0.2) is 0 Å². The number of hydrogen-bond donors (Lipinski definition) is 2. The largest absolute Gasteiger partial charge is 0.481 e. The fraction of sp³-hybridized carbons (Fsp3) is 0.211. The highest BCUT2D eigenvalue weighted by molar-refractivity contribution is 8.15. The topological polar surface area (TPSA) is 127 Å². The molecule has 0 radical (unpaired) electrons. The number of carboxylic acids is 1. The van der Waals surface area contributed by atoms with E-state index in [0.29, 0.717) is 28.5 Å². The summed E-state index contributed by atoms with van der Waals surface area (Å²) in [6.45, 7) is 0.0892. The maximum Gasteiger partial charge on any atom is 0.304 e. The number of aromatic amines is 1. The number of carbonyl (C=O) groups is 1. The number of nitrogens with zero attached hydrogens (tertiary/aromatic N) is 3. The van der Waals surface area contributed by atoms with Crippen molar-refractivity contribution < 1.29 is 18.3 Å². The summed E-state index contributed by atoms with van der Waals surface area (Å²) < 4.78 is 27.5. The van der Waals surface area contributed by atoms with E-state index in [1.165, 1.54) is 17.8 Å². The number of carboxylic acid groups (broad SMARTS) is 1. The molecule has 0 aliphatic carbocycles. The molecular weight excluding hydrogens is 444 g/mol. The SMILES string of the molecule is N#CCN(c1cccc2cc(C3=NCC(CC(=O)O)S3)[nH]c12)S(=O)(=O)c1cccs1. The molecule has 8 nitrogen and oxygen atoms in total. The maximum atomic E-state index is 13.1. The Labute approximate surface area is 180 Å². The molecule has 1 aliphatic heterocycles. The number of thioether (sulfide) groups is 1. The van der Waals surface area contributed by atoms with Gasteiger partial charge in [-0.15, -0.1) is 11.3 Å². The molecule has 1 unspecified atom stereocenters. The molecule has 3 heterocycles. The molecule has 0 amide bonds. The molecule has 0 saturated heterocycles. The molecule has 11 heteroatoms. The normalized spacial score (nSPS) is 16.4. The predicted molar refractivity (Wildman–Crippen MR) is 118 cm³/mol. The third-order valence-corrected chi connectivity index (χ3v) is 8.86. The Balaban J connectivity index is 1.73. The van der Waals surface area contributed by atoms with Crippen molar-refractivity contribution in [2.45, 2.75) is 15.9 Å². The molecule has 154 valence electrons. The first-order valence-electron chi connectivity index (χ1n) is 8.88. The second kappa shape index (κ2) is 8.14. The van der Waals surface area contributed by atoms with Gasteiger partial charge in [0.1, 0.15) is 15.8 Å². The number of nitrogens with one attached hydrogen (secondary N) is 1. The molecule has 0 saturated carbocycles. The van der Waals surface area contributed by atoms with Crippen LogP contribution in [0.1, 0.15) is 12.1 Å². The van der Waals surface area contributed by atoms with Crippen LogP contribution < -0.4 is 4.31 Å². The van der Waals surface area contributed by atoms with Gasteiger partial charge < -0.3 is 10.1 Å². The second-order valence-electron chi connectivity index (χ2n) is 6.51. The van der Waals surface area contributed by atoms with E-state index in [1.807, 2.05) is 18.2 Å². The van der Waals surface area contributed by atoms with E-state index in [0.717, 1.165) is 21.0 Å². The van der Waals surface area contributed by atoms with Gasteiger partial charge in [-0.2, -0.15) is 5.26 Å². The Morgan fingerprint density at radius 3 is 2.90 bits per heavy atom. The highest BCUT2D eigenvalue weighted by Crippen LogP contribution is 2.34. The van der Waals surface area contributed by atoms with Gasteiger partial charge in [0.05, 0.1) is 35.9 Å². The van der Waals surface area contributed by atoms with E-state index in [4.69, 9.17) is 5.11 Å². The van der Waals surface area contributed by atoms with Crippen LogP contribution in [0.15, 0.2) is 51.0 Å². The van der Waals surface area contributed by atoms with Crippen molar-refractivity contribution in [2.24, 2.45) is 4.99 Å². The summed E-state index contributed by atoms with van der Waals surface area (Å²) in [6, 6.07) is 12.2. The lowest BCUT2D eigenvalue weighted by Gasteiger charge is -2.21. The Hall–Kier alpha value is -2.81. The molecule has 1 aromatic carbocycles. The first-order chi connectivity index (χ1) is 14.4. The fourth-order valence-corrected chi connectivity index (χ4v) is 6.77. The van der Waals surface area contributed by atoms with Crippen LogP contribution in [0.25, 0.3) is 10.9 Å².